The molecule has 0 heterocycles. The van der Waals surface area contributed by atoms with Gasteiger partial charge in [-0.2, -0.15) is 11.8 Å². The van der Waals surface area contributed by atoms with E-state index >= 15 is 0 Å². The molecule has 6 heteroatoms. The van der Waals surface area contributed by atoms with E-state index < -0.39 is 11.9 Å². The first kappa shape index (κ1) is 14.9. The second kappa shape index (κ2) is 6.66. The molecule has 0 bridgehead atoms. The minimum absolute atomic E-state index is 0.0341. The van der Waals surface area contributed by atoms with Crippen LogP contribution in [0, 0.1) is 0 Å². The van der Waals surface area contributed by atoms with Gasteiger partial charge < -0.3 is 10.4 Å². The lowest BCUT2D eigenvalue weighted by Crippen LogP contribution is -2.35. The zero-order valence-corrected chi connectivity index (χ0v) is 11.6. The Hall–Kier alpha value is -1.20. The summed E-state index contributed by atoms with van der Waals surface area (Å²) in [6.07, 6.45) is 1.94. The van der Waals surface area contributed by atoms with Gasteiger partial charge in [0.2, 0.25) is 0 Å². The van der Waals surface area contributed by atoms with Gasteiger partial charge in [0.15, 0.2) is 0 Å². The third-order valence-corrected chi connectivity index (χ3v) is 3.41. The number of halogens is 1. The molecule has 0 fully saturated rings. The third kappa shape index (κ3) is 3.65. The largest absolute Gasteiger partial charge is 0.478 e. The molecule has 1 amide bonds. The minimum atomic E-state index is -1.21. The van der Waals surface area contributed by atoms with E-state index in [0.29, 0.717) is 0 Å². The Kier molecular flexibility index (Phi) is 5.50. The summed E-state index contributed by atoms with van der Waals surface area (Å²) in [5, 5.41) is 11.9. The van der Waals surface area contributed by atoms with Crippen LogP contribution in [0.3, 0.4) is 0 Å². The van der Waals surface area contributed by atoms with Crippen LogP contribution in [-0.2, 0) is 0 Å². The van der Waals surface area contributed by atoms with Crippen molar-refractivity contribution in [2.75, 3.05) is 12.0 Å². The number of hydrogen-bond donors (Lipinski definition) is 2. The first-order chi connectivity index (χ1) is 8.47. The molecule has 0 aliphatic rings. The second-order valence-corrected chi connectivity index (χ2v) is 5.12. The number of carboxylic acid groups (broad SMARTS) is 1. The summed E-state index contributed by atoms with van der Waals surface area (Å²) in [5.74, 6) is -0.867. The quantitative estimate of drug-likeness (QED) is 0.873. The normalized spacial score (nSPS) is 11.9. The van der Waals surface area contributed by atoms with Crippen LogP contribution in [-0.4, -0.2) is 35.0 Å². The van der Waals surface area contributed by atoms with Crippen LogP contribution < -0.4 is 5.32 Å². The van der Waals surface area contributed by atoms with Crippen LogP contribution in [0.15, 0.2) is 18.2 Å². The van der Waals surface area contributed by atoms with E-state index in [1.807, 2.05) is 13.2 Å². The highest BCUT2D eigenvalue weighted by atomic mass is 35.5. The van der Waals surface area contributed by atoms with Gasteiger partial charge in [-0.25, -0.2) is 4.79 Å². The smallest absolute Gasteiger partial charge is 0.338 e. The molecule has 0 saturated carbocycles. The van der Waals surface area contributed by atoms with Gasteiger partial charge in [-0.15, -0.1) is 0 Å². The van der Waals surface area contributed by atoms with Crippen LogP contribution in [0.4, 0.5) is 0 Å². The number of hydrogen-bond acceptors (Lipinski definition) is 3. The molecular weight excluding hydrogens is 274 g/mol. The summed E-state index contributed by atoms with van der Waals surface area (Å²) in [7, 11) is 0. The SMILES string of the molecule is CSCC(C)NC(=O)c1cccc(Cl)c1C(=O)O. The van der Waals surface area contributed by atoms with Crippen molar-refractivity contribution in [2.45, 2.75) is 13.0 Å². The summed E-state index contributed by atoms with van der Waals surface area (Å²) < 4.78 is 0. The molecule has 2 N–H and O–H groups in total. The monoisotopic (exact) mass is 287 g/mol. The highest BCUT2D eigenvalue weighted by Crippen LogP contribution is 2.20. The van der Waals surface area contributed by atoms with E-state index in [9.17, 15) is 9.59 Å². The lowest BCUT2D eigenvalue weighted by molar-refractivity contribution is 0.0691. The number of carboxylic acids is 1. The fourth-order valence-corrected chi connectivity index (χ4v) is 2.36. The maximum atomic E-state index is 12.0. The lowest BCUT2D eigenvalue weighted by atomic mass is 10.1. The summed E-state index contributed by atoms with van der Waals surface area (Å²) in [4.78, 5) is 23.1. The molecule has 1 unspecified atom stereocenters. The summed E-state index contributed by atoms with van der Waals surface area (Å²) >= 11 is 7.40. The predicted octanol–water partition coefficient (Wildman–Crippen LogP) is 2.52. The molecule has 0 aromatic heterocycles. The maximum Gasteiger partial charge on any atom is 0.338 e. The number of amides is 1. The molecule has 4 nitrogen and oxygen atoms in total. The van der Waals surface area contributed by atoms with Crippen LogP contribution in [0.2, 0.25) is 5.02 Å². The van der Waals surface area contributed by atoms with E-state index in [0.717, 1.165) is 5.75 Å². The van der Waals surface area contributed by atoms with Crippen molar-refractivity contribution in [3.8, 4) is 0 Å². The molecule has 18 heavy (non-hydrogen) atoms. The number of carbonyl (C=O) groups is 2. The van der Waals surface area contributed by atoms with Crippen molar-refractivity contribution >= 4 is 35.2 Å². The standard InChI is InChI=1S/C12H14ClNO3S/c1-7(6-18-2)14-11(15)8-4-3-5-9(13)10(8)12(16)17/h3-5,7H,6H2,1-2H3,(H,14,15)(H,16,17). The molecular formula is C12H14ClNO3S. The molecule has 1 atom stereocenters. The van der Waals surface area contributed by atoms with E-state index in [1.165, 1.54) is 12.1 Å². The van der Waals surface area contributed by atoms with Gasteiger partial charge in [0.05, 0.1) is 16.1 Å². The highest BCUT2D eigenvalue weighted by molar-refractivity contribution is 7.98. The number of aromatic carboxylic acids is 1. The van der Waals surface area contributed by atoms with Gasteiger partial charge in [-0.05, 0) is 25.3 Å². The van der Waals surface area contributed by atoms with E-state index in [4.69, 9.17) is 16.7 Å². The minimum Gasteiger partial charge on any atom is -0.478 e. The van der Waals surface area contributed by atoms with Gasteiger partial charge in [0.1, 0.15) is 0 Å². The molecule has 1 rings (SSSR count). The van der Waals surface area contributed by atoms with Crippen molar-refractivity contribution in [3.63, 3.8) is 0 Å². The first-order valence-electron chi connectivity index (χ1n) is 5.29. The van der Waals surface area contributed by atoms with Crippen LogP contribution in [0.1, 0.15) is 27.6 Å². The number of nitrogens with one attached hydrogen (secondary N) is 1. The summed E-state index contributed by atoms with van der Waals surface area (Å²) in [5.41, 5.74) is -0.0732. The Morgan fingerprint density at radius 3 is 2.72 bits per heavy atom. The molecule has 0 spiro atoms. The fourth-order valence-electron chi connectivity index (χ4n) is 1.52. The Balaban J connectivity index is 2.99. The molecule has 0 saturated heterocycles. The van der Waals surface area contributed by atoms with Gasteiger partial charge in [0, 0.05) is 11.8 Å². The second-order valence-electron chi connectivity index (χ2n) is 3.80. The highest BCUT2D eigenvalue weighted by Gasteiger charge is 2.20. The zero-order chi connectivity index (χ0) is 13.7. The molecule has 98 valence electrons. The van der Waals surface area contributed by atoms with Crippen molar-refractivity contribution < 1.29 is 14.7 Å². The van der Waals surface area contributed by atoms with E-state index in [2.05, 4.69) is 5.32 Å². The van der Waals surface area contributed by atoms with Crippen molar-refractivity contribution in [1.82, 2.24) is 5.32 Å². The number of thioether (sulfide) groups is 1. The van der Waals surface area contributed by atoms with Gasteiger partial charge in [-0.3, -0.25) is 4.79 Å². The number of carbonyl (C=O) groups excluding carboxylic acids is 1. The molecule has 1 aromatic rings. The van der Waals surface area contributed by atoms with Crippen molar-refractivity contribution in [2.24, 2.45) is 0 Å². The van der Waals surface area contributed by atoms with Crippen LogP contribution >= 0.6 is 23.4 Å². The van der Waals surface area contributed by atoms with Crippen LogP contribution in [0.25, 0.3) is 0 Å². The average Bonchev–Trinajstić information content (AvgIpc) is 2.28. The Bertz CT molecular complexity index is 465. The van der Waals surface area contributed by atoms with Gasteiger partial charge in [0.25, 0.3) is 5.91 Å². The topological polar surface area (TPSA) is 66.4 Å². The van der Waals surface area contributed by atoms with Gasteiger partial charge in [-0.1, -0.05) is 17.7 Å². The van der Waals surface area contributed by atoms with E-state index in [1.54, 1.807) is 17.8 Å². The average molecular weight is 288 g/mol. The van der Waals surface area contributed by atoms with E-state index in [-0.39, 0.29) is 22.2 Å². The van der Waals surface area contributed by atoms with Crippen LogP contribution in [0.5, 0.6) is 0 Å². The predicted molar refractivity (Wildman–Crippen MR) is 73.7 cm³/mol. The summed E-state index contributed by atoms with van der Waals surface area (Å²) in [6, 6.07) is 4.43. The molecule has 0 aliphatic heterocycles. The first-order valence-corrected chi connectivity index (χ1v) is 7.06. The Morgan fingerprint density at radius 2 is 2.17 bits per heavy atom. The van der Waals surface area contributed by atoms with Gasteiger partial charge >= 0.3 is 5.97 Å². The fraction of sp³-hybridized carbons (Fsp3) is 0.333. The summed E-state index contributed by atoms with van der Waals surface area (Å²) in [6.45, 7) is 1.86. The Labute approximate surface area is 115 Å². The number of rotatable bonds is 5. The maximum absolute atomic E-state index is 12.0. The van der Waals surface area contributed by atoms with Crippen molar-refractivity contribution in [1.29, 1.82) is 0 Å². The number of benzene rings is 1. The molecule has 0 aliphatic carbocycles. The Morgan fingerprint density at radius 1 is 1.50 bits per heavy atom. The third-order valence-electron chi connectivity index (χ3n) is 2.27. The zero-order valence-electron chi connectivity index (χ0n) is 10.1. The lowest BCUT2D eigenvalue weighted by Gasteiger charge is -2.14. The van der Waals surface area contributed by atoms with Crippen molar-refractivity contribution in [3.05, 3.63) is 34.3 Å². The molecule has 0 radical (unpaired) electrons. The molecule has 1 aromatic carbocycles.